The third-order valence-electron chi connectivity index (χ3n) is 5.82. The van der Waals surface area contributed by atoms with Gasteiger partial charge < -0.3 is 24.1 Å². The van der Waals surface area contributed by atoms with Crippen molar-refractivity contribution in [3.8, 4) is 22.6 Å². The predicted molar refractivity (Wildman–Crippen MR) is 143 cm³/mol. The van der Waals surface area contributed by atoms with Gasteiger partial charge in [-0.1, -0.05) is 60.7 Å². The Morgan fingerprint density at radius 2 is 1.54 bits per heavy atom. The highest BCUT2D eigenvalue weighted by Gasteiger charge is 2.27. The van der Waals surface area contributed by atoms with Crippen LogP contribution in [0, 0.1) is 0 Å². The van der Waals surface area contributed by atoms with Crippen LogP contribution in [-0.4, -0.2) is 36.3 Å². The van der Waals surface area contributed by atoms with Crippen molar-refractivity contribution in [2.45, 2.75) is 26.5 Å². The van der Waals surface area contributed by atoms with E-state index in [2.05, 4.69) is 5.32 Å². The highest BCUT2D eigenvalue weighted by Crippen LogP contribution is 2.35. The van der Waals surface area contributed by atoms with Crippen LogP contribution in [0.3, 0.4) is 0 Å². The highest BCUT2D eigenvalue weighted by molar-refractivity contribution is 6.06. The van der Waals surface area contributed by atoms with Crippen molar-refractivity contribution in [3.63, 3.8) is 0 Å². The molecule has 0 radical (unpaired) electrons. The molecule has 1 heterocycles. The molecule has 0 fully saturated rings. The molecule has 7 nitrogen and oxygen atoms in total. The highest BCUT2D eigenvalue weighted by atomic mass is 16.5. The summed E-state index contributed by atoms with van der Waals surface area (Å²) in [7, 11) is 1.60. The van der Waals surface area contributed by atoms with Gasteiger partial charge in [0.25, 0.3) is 5.91 Å². The maximum absolute atomic E-state index is 13.3. The number of aromatic nitrogens is 1. The molecule has 0 saturated carbocycles. The number of esters is 1. The third-order valence-corrected chi connectivity index (χ3v) is 5.82. The van der Waals surface area contributed by atoms with Crippen molar-refractivity contribution in [2.24, 2.45) is 0 Å². The molecule has 1 atom stereocenters. The van der Waals surface area contributed by atoms with Gasteiger partial charge in [-0.2, -0.15) is 0 Å². The van der Waals surface area contributed by atoms with Gasteiger partial charge in [-0.3, -0.25) is 4.79 Å². The molecule has 1 amide bonds. The lowest BCUT2D eigenvalue weighted by Crippen LogP contribution is -2.31. The first-order valence-electron chi connectivity index (χ1n) is 12.1. The number of hydrogen-bond donors (Lipinski definition) is 1. The molecule has 0 bridgehead atoms. The van der Waals surface area contributed by atoms with Crippen LogP contribution in [0.4, 0.5) is 5.69 Å². The first-order valence-corrected chi connectivity index (χ1v) is 12.1. The molecule has 1 unspecified atom stereocenters. The first kappa shape index (κ1) is 25.6. The Labute approximate surface area is 216 Å². The zero-order chi connectivity index (χ0) is 26.2. The monoisotopic (exact) mass is 498 g/mol. The SMILES string of the molecule is CCOC(=O)c1c(NC(=O)C(C)Oc2ccccc2)c(-c2ccc(OC)cc2)cn1Cc1ccccc1. The molecule has 0 aliphatic heterocycles. The van der Waals surface area contributed by atoms with Gasteiger partial charge in [0.05, 0.1) is 19.4 Å². The van der Waals surface area contributed by atoms with Crippen molar-refractivity contribution in [3.05, 3.63) is 102 Å². The number of amides is 1. The number of benzene rings is 3. The van der Waals surface area contributed by atoms with E-state index in [9.17, 15) is 9.59 Å². The van der Waals surface area contributed by atoms with E-state index in [1.165, 1.54) is 0 Å². The average Bonchev–Trinajstić information content (AvgIpc) is 3.27. The molecule has 1 aromatic heterocycles. The number of nitrogens with zero attached hydrogens (tertiary/aromatic N) is 1. The number of nitrogens with one attached hydrogen (secondary N) is 1. The Morgan fingerprint density at radius 3 is 2.16 bits per heavy atom. The molecule has 4 aromatic rings. The van der Waals surface area contributed by atoms with Crippen LogP contribution in [0.25, 0.3) is 11.1 Å². The Kier molecular flexibility index (Phi) is 8.26. The summed E-state index contributed by atoms with van der Waals surface area (Å²) in [6, 6.07) is 26.3. The Morgan fingerprint density at radius 1 is 0.892 bits per heavy atom. The van der Waals surface area contributed by atoms with Gasteiger partial charge in [-0.25, -0.2) is 4.79 Å². The second-order valence-corrected chi connectivity index (χ2v) is 8.39. The Hall–Kier alpha value is -4.52. The van der Waals surface area contributed by atoms with Crippen LogP contribution in [-0.2, 0) is 16.1 Å². The van der Waals surface area contributed by atoms with Crippen LogP contribution in [0.1, 0.15) is 29.9 Å². The van der Waals surface area contributed by atoms with Crippen molar-refractivity contribution in [1.82, 2.24) is 4.57 Å². The summed E-state index contributed by atoms with van der Waals surface area (Å²) in [6.45, 7) is 4.04. The summed E-state index contributed by atoms with van der Waals surface area (Å²) in [6.07, 6.45) is 1.05. The topological polar surface area (TPSA) is 78.8 Å². The van der Waals surface area contributed by atoms with Crippen molar-refractivity contribution >= 4 is 17.6 Å². The van der Waals surface area contributed by atoms with E-state index in [4.69, 9.17) is 14.2 Å². The van der Waals surface area contributed by atoms with Crippen LogP contribution in [0.15, 0.2) is 91.1 Å². The fourth-order valence-corrected chi connectivity index (χ4v) is 3.98. The number of methoxy groups -OCH3 is 1. The lowest BCUT2D eigenvalue weighted by Gasteiger charge is -2.16. The second-order valence-electron chi connectivity index (χ2n) is 8.39. The molecule has 0 saturated heterocycles. The minimum absolute atomic E-state index is 0.203. The molecule has 0 spiro atoms. The smallest absolute Gasteiger partial charge is 0.357 e. The van der Waals surface area contributed by atoms with Gasteiger partial charge in [-0.15, -0.1) is 0 Å². The number of anilines is 1. The fourth-order valence-electron chi connectivity index (χ4n) is 3.98. The maximum Gasteiger partial charge on any atom is 0.357 e. The van der Waals surface area contributed by atoms with Crippen LogP contribution in [0.5, 0.6) is 11.5 Å². The largest absolute Gasteiger partial charge is 0.497 e. The van der Waals surface area contributed by atoms with E-state index < -0.39 is 12.1 Å². The van der Waals surface area contributed by atoms with E-state index in [0.29, 0.717) is 29.3 Å². The van der Waals surface area contributed by atoms with E-state index in [1.807, 2.05) is 83.6 Å². The minimum Gasteiger partial charge on any atom is -0.497 e. The summed E-state index contributed by atoms with van der Waals surface area (Å²) < 4.78 is 18.3. The maximum atomic E-state index is 13.3. The standard InChI is InChI=1S/C30H30N2O5/c1-4-36-30(34)28-27(31-29(33)21(2)37-25-13-9-6-10-14-25)26(23-15-17-24(35-3)18-16-23)20-32(28)19-22-11-7-5-8-12-22/h5-18,20-21H,4,19H2,1-3H3,(H,31,33). The van der Waals surface area contributed by atoms with Gasteiger partial charge in [0, 0.05) is 18.3 Å². The van der Waals surface area contributed by atoms with Crippen molar-refractivity contribution in [2.75, 3.05) is 19.0 Å². The van der Waals surface area contributed by atoms with E-state index >= 15 is 0 Å². The fraction of sp³-hybridized carbons (Fsp3) is 0.200. The molecule has 4 rings (SSSR count). The second kappa shape index (κ2) is 11.9. The Balaban J connectivity index is 1.77. The number of carbonyl (C=O) groups excluding carboxylic acids is 2. The van der Waals surface area contributed by atoms with Crippen molar-refractivity contribution < 1.29 is 23.8 Å². The lowest BCUT2D eigenvalue weighted by molar-refractivity contribution is -0.122. The number of hydrogen-bond acceptors (Lipinski definition) is 5. The van der Waals surface area contributed by atoms with Crippen LogP contribution >= 0.6 is 0 Å². The van der Waals surface area contributed by atoms with Gasteiger partial charge in [0.15, 0.2) is 11.8 Å². The van der Waals surface area contributed by atoms with Gasteiger partial charge in [0.2, 0.25) is 0 Å². The zero-order valence-electron chi connectivity index (χ0n) is 21.1. The van der Waals surface area contributed by atoms with Crippen LogP contribution < -0.4 is 14.8 Å². The first-order chi connectivity index (χ1) is 18.0. The summed E-state index contributed by atoms with van der Waals surface area (Å²) in [5.74, 6) is 0.369. The summed E-state index contributed by atoms with van der Waals surface area (Å²) in [5, 5.41) is 2.95. The molecule has 7 heteroatoms. The molecular weight excluding hydrogens is 468 g/mol. The van der Waals surface area contributed by atoms with Crippen molar-refractivity contribution in [1.29, 1.82) is 0 Å². The predicted octanol–water partition coefficient (Wildman–Crippen LogP) is 5.79. The average molecular weight is 499 g/mol. The van der Waals surface area contributed by atoms with E-state index in [-0.39, 0.29) is 18.2 Å². The Bertz CT molecular complexity index is 1330. The molecule has 1 N–H and O–H groups in total. The molecule has 37 heavy (non-hydrogen) atoms. The van der Waals surface area contributed by atoms with Crippen LogP contribution in [0.2, 0.25) is 0 Å². The normalized spacial score (nSPS) is 11.4. The minimum atomic E-state index is -0.807. The molecule has 3 aromatic carbocycles. The summed E-state index contributed by atoms with van der Waals surface area (Å²) in [5.41, 5.74) is 3.12. The number of rotatable bonds is 10. The van der Waals surface area contributed by atoms with Gasteiger partial charge >= 0.3 is 5.97 Å². The lowest BCUT2D eigenvalue weighted by atomic mass is 10.1. The van der Waals surface area contributed by atoms with Gasteiger partial charge in [-0.05, 0) is 49.2 Å². The molecule has 0 aliphatic rings. The molecule has 0 aliphatic carbocycles. The number of para-hydroxylation sites is 1. The third kappa shape index (κ3) is 6.19. The zero-order valence-corrected chi connectivity index (χ0v) is 21.1. The summed E-state index contributed by atoms with van der Waals surface area (Å²) in [4.78, 5) is 26.5. The summed E-state index contributed by atoms with van der Waals surface area (Å²) >= 11 is 0. The quantitative estimate of drug-likeness (QED) is 0.280. The van der Waals surface area contributed by atoms with E-state index in [0.717, 1.165) is 11.1 Å². The molecular formula is C30H30N2O5. The molecule has 190 valence electrons. The van der Waals surface area contributed by atoms with E-state index in [1.54, 1.807) is 33.1 Å². The van der Waals surface area contributed by atoms with Gasteiger partial charge in [0.1, 0.15) is 11.5 Å². The number of carbonyl (C=O) groups is 2. The number of ether oxygens (including phenoxy) is 3.